The molecule has 1 N–H and O–H groups in total. The van der Waals surface area contributed by atoms with Crippen LogP contribution in [0.25, 0.3) is 0 Å². The molecule has 0 saturated carbocycles. The molecular formula is C26H43BN4O5S. The van der Waals surface area contributed by atoms with Gasteiger partial charge in [-0.1, -0.05) is 11.8 Å². The first-order valence-electron chi connectivity index (χ1n) is 13.3. The molecule has 0 radical (unpaired) electrons. The Morgan fingerprint density at radius 3 is 2.43 bits per heavy atom. The summed E-state index contributed by atoms with van der Waals surface area (Å²) < 4.78 is 17.4. The molecule has 0 aromatic carbocycles. The van der Waals surface area contributed by atoms with Gasteiger partial charge in [0.2, 0.25) is 5.91 Å². The standard InChI is InChI=1S/C26H43BN4O5S/c1-18(30-23(33)34-24(2,3)4)21(32)31-13-9-11-19(17-31)12-10-14-37-22-28-15-20(16-29-22)27-35-25(5,6)26(7,8)36-27/h15-16,18-19H,9-14,17H2,1-8H3,(H,30,33). The van der Waals surface area contributed by atoms with Crippen molar-refractivity contribution in [2.24, 2.45) is 5.92 Å². The average Bonchev–Trinajstić information content (AvgIpc) is 3.02. The molecule has 3 heterocycles. The Kier molecular flexibility index (Phi) is 9.56. The van der Waals surface area contributed by atoms with Gasteiger partial charge >= 0.3 is 13.2 Å². The predicted octanol–water partition coefficient (Wildman–Crippen LogP) is 3.80. The zero-order chi connectivity index (χ0) is 27.4. The Morgan fingerprint density at radius 1 is 1.22 bits per heavy atom. The summed E-state index contributed by atoms with van der Waals surface area (Å²) in [6.07, 6.45) is 7.16. The van der Waals surface area contributed by atoms with E-state index in [1.807, 2.05) is 32.6 Å². The molecule has 206 valence electrons. The van der Waals surface area contributed by atoms with Crippen LogP contribution in [0.3, 0.4) is 0 Å². The maximum Gasteiger partial charge on any atom is 0.498 e. The molecular weight excluding hydrogens is 491 g/mol. The largest absolute Gasteiger partial charge is 0.498 e. The van der Waals surface area contributed by atoms with Gasteiger partial charge in [-0.2, -0.15) is 0 Å². The first kappa shape index (κ1) is 29.7. The fourth-order valence-electron chi connectivity index (χ4n) is 4.36. The van der Waals surface area contributed by atoms with Gasteiger partial charge in [0.15, 0.2) is 5.16 Å². The zero-order valence-electron chi connectivity index (χ0n) is 23.6. The van der Waals surface area contributed by atoms with Crippen molar-refractivity contribution in [2.45, 2.75) is 109 Å². The Hall–Kier alpha value is -1.85. The lowest BCUT2D eigenvalue weighted by molar-refractivity contribution is -0.134. The molecule has 0 bridgehead atoms. The number of carbonyl (C=O) groups is 2. The number of carbonyl (C=O) groups excluding carboxylic acids is 2. The molecule has 2 fully saturated rings. The Labute approximate surface area is 226 Å². The Morgan fingerprint density at radius 2 is 1.84 bits per heavy atom. The second-order valence-electron chi connectivity index (χ2n) is 12.0. The van der Waals surface area contributed by atoms with Crippen LogP contribution in [0.4, 0.5) is 4.79 Å². The van der Waals surface area contributed by atoms with E-state index in [0.717, 1.165) is 55.1 Å². The van der Waals surface area contributed by atoms with E-state index < -0.39 is 36.1 Å². The van der Waals surface area contributed by atoms with Crippen LogP contribution in [0.1, 0.15) is 81.1 Å². The van der Waals surface area contributed by atoms with Crippen LogP contribution in [0.2, 0.25) is 0 Å². The lowest BCUT2D eigenvalue weighted by Gasteiger charge is -2.34. The number of aromatic nitrogens is 2. The SMILES string of the molecule is CC(NC(=O)OC(C)(C)C)C(=O)N1CCCC(CCCSc2ncc(B3OC(C)(C)C(C)(C)O3)cn2)C1. The van der Waals surface area contributed by atoms with Gasteiger partial charge in [0.05, 0.1) is 11.2 Å². The van der Waals surface area contributed by atoms with Gasteiger partial charge in [-0.15, -0.1) is 0 Å². The van der Waals surface area contributed by atoms with Crippen LogP contribution in [-0.4, -0.2) is 75.7 Å². The number of amides is 2. The summed E-state index contributed by atoms with van der Waals surface area (Å²) >= 11 is 1.64. The monoisotopic (exact) mass is 534 g/mol. The smallest absolute Gasteiger partial charge is 0.444 e. The summed E-state index contributed by atoms with van der Waals surface area (Å²) in [4.78, 5) is 35.8. The highest BCUT2D eigenvalue weighted by molar-refractivity contribution is 7.99. The van der Waals surface area contributed by atoms with Gasteiger partial charge in [0.25, 0.3) is 0 Å². The maximum absolute atomic E-state index is 12.9. The van der Waals surface area contributed by atoms with Gasteiger partial charge in [0.1, 0.15) is 11.6 Å². The van der Waals surface area contributed by atoms with Crippen molar-refractivity contribution in [3.63, 3.8) is 0 Å². The minimum atomic E-state index is -0.610. The Bertz CT molecular complexity index is 922. The number of hydrogen-bond donors (Lipinski definition) is 1. The van der Waals surface area contributed by atoms with Crippen LogP contribution in [0.15, 0.2) is 17.6 Å². The number of hydrogen-bond acceptors (Lipinski definition) is 8. The topological polar surface area (TPSA) is 103 Å². The molecule has 2 amide bonds. The third-order valence-corrected chi connectivity index (χ3v) is 8.06. The number of rotatable bonds is 8. The van der Waals surface area contributed by atoms with Gasteiger partial charge < -0.3 is 24.3 Å². The third kappa shape index (κ3) is 8.32. The molecule has 2 atom stereocenters. The summed E-state index contributed by atoms with van der Waals surface area (Å²) in [7, 11) is -0.455. The Balaban J connectivity index is 1.39. The number of thioether (sulfide) groups is 1. The van der Waals surface area contributed by atoms with Crippen molar-refractivity contribution >= 4 is 36.3 Å². The maximum atomic E-state index is 12.9. The van der Waals surface area contributed by atoms with Crippen molar-refractivity contribution in [1.82, 2.24) is 20.2 Å². The van der Waals surface area contributed by atoms with E-state index >= 15 is 0 Å². The molecule has 2 aliphatic rings. The molecule has 3 rings (SSSR count). The molecule has 2 aliphatic heterocycles. The van der Waals surface area contributed by atoms with E-state index in [1.165, 1.54) is 0 Å². The van der Waals surface area contributed by atoms with Crippen LogP contribution < -0.4 is 10.8 Å². The van der Waals surface area contributed by atoms with Crippen molar-refractivity contribution in [1.29, 1.82) is 0 Å². The fraction of sp³-hybridized carbons (Fsp3) is 0.769. The predicted molar refractivity (Wildman–Crippen MR) is 146 cm³/mol. The molecule has 1 aromatic rings. The number of ether oxygens (including phenoxy) is 1. The van der Waals surface area contributed by atoms with Crippen LogP contribution in [0, 0.1) is 5.92 Å². The highest BCUT2D eigenvalue weighted by Gasteiger charge is 2.52. The molecule has 2 unspecified atom stereocenters. The minimum absolute atomic E-state index is 0.0552. The van der Waals surface area contributed by atoms with E-state index in [-0.39, 0.29) is 5.91 Å². The minimum Gasteiger partial charge on any atom is -0.444 e. The number of likely N-dealkylation sites (tertiary alicyclic amines) is 1. The molecule has 9 nitrogen and oxygen atoms in total. The average molecular weight is 535 g/mol. The second-order valence-corrected chi connectivity index (χ2v) is 13.1. The normalized spacial score (nSPS) is 22.0. The summed E-state index contributed by atoms with van der Waals surface area (Å²) in [6, 6.07) is -0.610. The first-order valence-corrected chi connectivity index (χ1v) is 14.2. The van der Waals surface area contributed by atoms with E-state index in [0.29, 0.717) is 5.92 Å². The zero-order valence-corrected chi connectivity index (χ0v) is 24.4. The molecule has 0 spiro atoms. The summed E-state index contributed by atoms with van der Waals surface area (Å²) in [5.41, 5.74) is -0.555. The van der Waals surface area contributed by atoms with E-state index in [2.05, 4.69) is 15.3 Å². The number of nitrogens with zero attached hydrogens (tertiary/aromatic N) is 3. The van der Waals surface area contributed by atoms with Crippen molar-refractivity contribution in [3.05, 3.63) is 12.4 Å². The fourth-order valence-corrected chi connectivity index (χ4v) is 5.11. The van der Waals surface area contributed by atoms with Crippen LogP contribution >= 0.6 is 11.8 Å². The number of piperidine rings is 1. The highest BCUT2D eigenvalue weighted by atomic mass is 32.2. The summed E-state index contributed by atoms with van der Waals surface area (Å²) in [5, 5.41) is 3.40. The molecule has 1 aromatic heterocycles. The third-order valence-electron chi connectivity index (χ3n) is 7.10. The van der Waals surface area contributed by atoms with Crippen LogP contribution in [-0.2, 0) is 18.8 Å². The van der Waals surface area contributed by atoms with Gasteiger partial charge in [-0.05, 0) is 87.0 Å². The summed E-state index contributed by atoms with van der Waals surface area (Å²) in [5.74, 6) is 1.32. The lowest BCUT2D eigenvalue weighted by atomic mass is 9.81. The highest BCUT2D eigenvalue weighted by Crippen LogP contribution is 2.36. The molecule has 11 heteroatoms. The van der Waals surface area contributed by atoms with E-state index in [9.17, 15) is 9.59 Å². The van der Waals surface area contributed by atoms with Crippen LogP contribution in [0.5, 0.6) is 0 Å². The van der Waals surface area contributed by atoms with Crippen molar-refractivity contribution < 1.29 is 23.6 Å². The van der Waals surface area contributed by atoms with Gasteiger partial charge in [-0.25, -0.2) is 14.8 Å². The molecule has 0 aliphatic carbocycles. The number of alkyl carbamates (subject to hydrolysis) is 1. The lowest BCUT2D eigenvalue weighted by Crippen LogP contribution is -2.50. The number of nitrogens with one attached hydrogen (secondary N) is 1. The second kappa shape index (κ2) is 11.9. The van der Waals surface area contributed by atoms with Crippen molar-refractivity contribution in [3.8, 4) is 0 Å². The molecule has 2 saturated heterocycles. The first-order chi connectivity index (χ1) is 17.2. The van der Waals surface area contributed by atoms with Crippen molar-refractivity contribution in [2.75, 3.05) is 18.8 Å². The van der Waals surface area contributed by atoms with E-state index in [1.54, 1.807) is 51.9 Å². The quantitative estimate of drug-likeness (QED) is 0.233. The van der Waals surface area contributed by atoms with E-state index in [4.69, 9.17) is 14.0 Å². The van der Waals surface area contributed by atoms with Gasteiger partial charge in [0, 0.05) is 36.7 Å². The van der Waals surface area contributed by atoms with Gasteiger partial charge in [-0.3, -0.25) is 4.79 Å². The molecule has 37 heavy (non-hydrogen) atoms. The summed E-state index contributed by atoms with van der Waals surface area (Å²) in [6.45, 7) is 16.7.